The number of hydrogen-bond acceptors (Lipinski definition) is 7. The highest BCUT2D eigenvalue weighted by atomic mass is 35.5. The number of aromatic nitrogens is 2. The lowest BCUT2D eigenvalue weighted by atomic mass is 10.1. The number of amides is 2. The minimum absolute atomic E-state index is 0.0143. The van der Waals surface area contributed by atoms with Crippen molar-refractivity contribution in [3.63, 3.8) is 0 Å². The Bertz CT molecular complexity index is 1480. The first-order valence-electron chi connectivity index (χ1n) is 10.5. The first-order chi connectivity index (χ1) is 17.3. The van der Waals surface area contributed by atoms with Crippen molar-refractivity contribution in [3.05, 3.63) is 110 Å². The summed E-state index contributed by atoms with van der Waals surface area (Å²) in [6.45, 7) is 1.58. The van der Waals surface area contributed by atoms with Crippen LogP contribution in [0.15, 0.2) is 71.4 Å². The first kappa shape index (κ1) is 24.3. The topological polar surface area (TPSA) is 140 Å². The Morgan fingerprint density at radius 2 is 1.81 bits per heavy atom. The Kier molecular flexibility index (Phi) is 7.17. The van der Waals surface area contributed by atoms with E-state index in [1.807, 2.05) is 0 Å². The molecular formula is C25H18ClN5O5. The molecule has 0 aliphatic carbocycles. The molecule has 0 fully saturated rings. The maximum Gasteiger partial charge on any atom is 0.275 e. The molecule has 4 aromatic rings. The molecule has 0 saturated heterocycles. The van der Waals surface area contributed by atoms with Crippen molar-refractivity contribution in [1.82, 2.24) is 21.0 Å². The molecule has 0 saturated carbocycles. The van der Waals surface area contributed by atoms with E-state index in [1.165, 1.54) is 24.4 Å². The molecular weight excluding hydrogens is 486 g/mol. The molecule has 0 spiro atoms. The van der Waals surface area contributed by atoms with Crippen molar-refractivity contribution < 1.29 is 19.0 Å². The van der Waals surface area contributed by atoms with Crippen LogP contribution in [0.1, 0.15) is 37.7 Å². The Labute approximate surface area is 209 Å². The molecule has 2 heterocycles. The minimum Gasteiger partial charge on any atom is -0.360 e. The molecule has 0 radical (unpaired) electrons. The molecule has 0 aliphatic heterocycles. The molecule has 2 aromatic heterocycles. The number of carbonyl (C=O) groups is 2. The molecule has 2 aromatic carbocycles. The van der Waals surface area contributed by atoms with Gasteiger partial charge in [-0.15, -0.1) is 0 Å². The lowest BCUT2D eigenvalue weighted by molar-refractivity contribution is -0.384. The third kappa shape index (κ3) is 5.45. The van der Waals surface area contributed by atoms with Crippen LogP contribution >= 0.6 is 11.6 Å². The van der Waals surface area contributed by atoms with Crippen LogP contribution in [0.3, 0.4) is 0 Å². The van der Waals surface area contributed by atoms with Crippen LogP contribution in [0.5, 0.6) is 0 Å². The lowest BCUT2D eigenvalue weighted by Crippen LogP contribution is -2.42. The van der Waals surface area contributed by atoms with Gasteiger partial charge < -0.3 is 4.52 Å². The summed E-state index contributed by atoms with van der Waals surface area (Å²) < 4.78 is 5.17. The zero-order valence-corrected chi connectivity index (χ0v) is 19.5. The van der Waals surface area contributed by atoms with Crippen molar-refractivity contribution in [2.24, 2.45) is 0 Å². The lowest BCUT2D eigenvalue weighted by Gasteiger charge is -2.08. The van der Waals surface area contributed by atoms with Crippen LogP contribution in [-0.4, -0.2) is 26.9 Å². The number of rotatable bonds is 6. The molecule has 2 amide bonds. The van der Waals surface area contributed by atoms with E-state index in [0.717, 1.165) is 0 Å². The highest BCUT2D eigenvalue weighted by Gasteiger charge is 2.23. The summed E-state index contributed by atoms with van der Waals surface area (Å²) in [5.74, 6) is -0.946. The fourth-order valence-electron chi connectivity index (χ4n) is 3.29. The fourth-order valence-corrected chi connectivity index (χ4v) is 3.51. The van der Waals surface area contributed by atoms with Crippen molar-refractivity contribution in [3.8, 4) is 11.3 Å². The summed E-state index contributed by atoms with van der Waals surface area (Å²) in [5.41, 5.74) is 6.97. The van der Waals surface area contributed by atoms with Gasteiger partial charge in [0.1, 0.15) is 17.0 Å². The van der Waals surface area contributed by atoms with Gasteiger partial charge in [0, 0.05) is 23.9 Å². The second-order valence-corrected chi connectivity index (χ2v) is 7.91. The highest BCUT2D eigenvalue weighted by molar-refractivity contribution is 6.33. The van der Waals surface area contributed by atoms with Gasteiger partial charge >= 0.3 is 0 Å². The second-order valence-electron chi connectivity index (χ2n) is 7.51. The standard InChI is InChI=1S/C25H18ClN5O5/c1-15-22(23(30-36-15)20-7-2-3-8-21(20)26)25(33)29-28-24(32)17-10-12-18(27-14-17)11-9-16-5-4-6-19(13-16)31(34)35/h2-14H,1H3,(H,28,32)(H,29,33)/b11-9+. The fraction of sp³-hybridized carbons (Fsp3) is 0.0400. The molecule has 10 nitrogen and oxygen atoms in total. The van der Waals surface area contributed by atoms with E-state index in [9.17, 15) is 19.7 Å². The second kappa shape index (κ2) is 10.6. The zero-order chi connectivity index (χ0) is 25.7. The van der Waals surface area contributed by atoms with Crippen molar-refractivity contribution in [2.45, 2.75) is 6.92 Å². The van der Waals surface area contributed by atoms with Crippen molar-refractivity contribution in [1.29, 1.82) is 0 Å². The molecule has 180 valence electrons. The van der Waals surface area contributed by atoms with Gasteiger partial charge in [-0.3, -0.25) is 35.5 Å². The van der Waals surface area contributed by atoms with E-state index in [4.69, 9.17) is 16.1 Å². The summed E-state index contributed by atoms with van der Waals surface area (Å²) >= 11 is 6.22. The van der Waals surface area contributed by atoms with Gasteiger partial charge in [0.25, 0.3) is 17.5 Å². The van der Waals surface area contributed by atoms with Gasteiger partial charge in [0.05, 0.1) is 21.2 Å². The maximum atomic E-state index is 12.8. The molecule has 0 atom stereocenters. The van der Waals surface area contributed by atoms with Crippen molar-refractivity contribution in [2.75, 3.05) is 0 Å². The number of benzene rings is 2. The quantitative estimate of drug-likeness (QED) is 0.283. The SMILES string of the molecule is Cc1onc(-c2ccccc2Cl)c1C(=O)NNC(=O)c1ccc(/C=C/c2cccc([N+](=O)[O-])c2)nc1. The monoisotopic (exact) mass is 503 g/mol. The normalized spacial score (nSPS) is 10.8. The number of non-ortho nitro benzene ring substituents is 1. The molecule has 36 heavy (non-hydrogen) atoms. The van der Waals surface area contributed by atoms with E-state index < -0.39 is 16.7 Å². The summed E-state index contributed by atoms with van der Waals surface area (Å²) in [5, 5.41) is 15.2. The molecule has 4 rings (SSSR count). The van der Waals surface area contributed by atoms with E-state index in [1.54, 1.807) is 61.5 Å². The van der Waals surface area contributed by atoms with Crippen LogP contribution in [0.25, 0.3) is 23.4 Å². The molecule has 0 bridgehead atoms. The number of hydrogen-bond donors (Lipinski definition) is 2. The average Bonchev–Trinajstić information content (AvgIpc) is 3.27. The predicted molar refractivity (Wildman–Crippen MR) is 133 cm³/mol. The van der Waals surface area contributed by atoms with Gasteiger partial charge in [-0.25, -0.2) is 0 Å². The summed E-state index contributed by atoms with van der Waals surface area (Å²) in [4.78, 5) is 39.9. The highest BCUT2D eigenvalue weighted by Crippen LogP contribution is 2.30. The van der Waals surface area contributed by atoms with Gasteiger partial charge in [0.2, 0.25) is 0 Å². The van der Waals surface area contributed by atoms with E-state index >= 15 is 0 Å². The predicted octanol–water partition coefficient (Wildman–Crippen LogP) is 4.85. The molecule has 11 heteroatoms. The Balaban J connectivity index is 1.40. The van der Waals surface area contributed by atoms with E-state index in [0.29, 0.717) is 21.8 Å². The van der Waals surface area contributed by atoms with Gasteiger partial charge in [-0.1, -0.05) is 53.2 Å². The van der Waals surface area contributed by atoms with Gasteiger partial charge in [0.15, 0.2) is 0 Å². The number of aryl methyl sites for hydroxylation is 1. The molecule has 0 unspecified atom stereocenters. The number of nitrogens with one attached hydrogen (secondary N) is 2. The number of nitro groups is 1. The smallest absolute Gasteiger partial charge is 0.275 e. The number of pyridine rings is 1. The average molecular weight is 504 g/mol. The van der Waals surface area contributed by atoms with Crippen LogP contribution in [0.2, 0.25) is 5.02 Å². The van der Waals surface area contributed by atoms with Crippen LogP contribution in [-0.2, 0) is 0 Å². The Morgan fingerprint density at radius 3 is 2.53 bits per heavy atom. The summed E-state index contributed by atoms with van der Waals surface area (Å²) in [6.07, 6.45) is 4.68. The van der Waals surface area contributed by atoms with E-state index in [2.05, 4.69) is 21.0 Å². The van der Waals surface area contributed by atoms with Crippen LogP contribution in [0.4, 0.5) is 5.69 Å². The van der Waals surface area contributed by atoms with Crippen molar-refractivity contribution >= 4 is 41.3 Å². The number of carbonyl (C=O) groups excluding carboxylic acids is 2. The third-order valence-electron chi connectivity index (χ3n) is 5.08. The maximum absolute atomic E-state index is 12.8. The first-order valence-corrected chi connectivity index (χ1v) is 10.9. The van der Waals surface area contributed by atoms with Crippen LogP contribution in [0, 0.1) is 17.0 Å². The number of hydrazine groups is 1. The third-order valence-corrected chi connectivity index (χ3v) is 5.41. The number of nitrogens with zero attached hydrogens (tertiary/aromatic N) is 3. The largest absolute Gasteiger partial charge is 0.360 e. The summed E-state index contributed by atoms with van der Waals surface area (Å²) in [6, 6.07) is 16.2. The van der Waals surface area contributed by atoms with E-state index in [-0.39, 0.29) is 28.3 Å². The minimum atomic E-state index is -0.624. The van der Waals surface area contributed by atoms with Gasteiger partial charge in [-0.2, -0.15) is 0 Å². The Morgan fingerprint density at radius 1 is 1.03 bits per heavy atom. The number of halogens is 1. The number of nitro benzene ring substituents is 1. The zero-order valence-electron chi connectivity index (χ0n) is 18.8. The molecule has 0 aliphatic rings. The van der Waals surface area contributed by atoms with Crippen LogP contribution < -0.4 is 10.9 Å². The summed E-state index contributed by atoms with van der Waals surface area (Å²) in [7, 11) is 0. The Hall–Kier alpha value is -4.83. The molecule has 2 N–H and O–H groups in total. The van der Waals surface area contributed by atoms with Gasteiger partial charge in [-0.05, 0) is 36.8 Å².